The zero-order valence-electron chi connectivity index (χ0n) is 16.5. The highest BCUT2D eigenvalue weighted by Crippen LogP contribution is 2.23. The van der Waals surface area contributed by atoms with Crippen molar-refractivity contribution in [3.05, 3.63) is 23.9 Å². The quantitative estimate of drug-likeness (QED) is 0.789. The normalized spacial score (nSPS) is 21.9. The third-order valence-electron chi connectivity index (χ3n) is 6.09. The van der Waals surface area contributed by atoms with Crippen molar-refractivity contribution in [3.63, 3.8) is 0 Å². The molecule has 4 heterocycles. The molecule has 0 atom stereocenters. The van der Waals surface area contributed by atoms with Crippen LogP contribution in [-0.4, -0.2) is 79.1 Å². The molecule has 152 valence electrons. The van der Waals surface area contributed by atoms with E-state index in [0.717, 1.165) is 84.0 Å². The molecule has 0 aliphatic carbocycles. The molecule has 3 aliphatic heterocycles. The molecule has 1 aromatic rings. The van der Waals surface area contributed by atoms with E-state index < -0.39 is 0 Å². The molecular weight excluding hydrogens is 356 g/mol. The van der Waals surface area contributed by atoms with Gasteiger partial charge in [0.2, 0.25) is 5.91 Å². The first kappa shape index (κ1) is 19.2. The molecule has 0 radical (unpaired) electrons. The van der Waals surface area contributed by atoms with Crippen molar-refractivity contribution in [2.24, 2.45) is 5.92 Å². The van der Waals surface area contributed by atoms with Crippen LogP contribution < -0.4 is 4.90 Å². The predicted molar refractivity (Wildman–Crippen MR) is 106 cm³/mol. The Labute approximate surface area is 166 Å². The molecule has 0 spiro atoms. The lowest BCUT2D eigenvalue weighted by molar-refractivity contribution is -0.128. The number of carbonyl (C=O) groups is 2. The Kier molecular flexibility index (Phi) is 6.10. The molecule has 4 rings (SSSR count). The number of rotatable bonds is 4. The van der Waals surface area contributed by atoms with Crippen LogP contribution in [-0.2, 0) is 9.53 Å². The third-order valence-corrected chi connectivity index (χ3v) is 6.09. The number of hydrogen-bond acceptors (Lipinski definition) is 5. The van der Waals surface area contributed by atoms with Gasteiger partial charge in [0.25, 0.3) is 5.91 Å². The van der Waals surface area contributed by atoms with Gasteiger partial charge in [-0.1, -0.05) is 0 Å². The van der Waals surface area contributed by atoms with Crippen LogP contribution in [0.3, 0.4) is 0 Å². The van der Waals surface area contributed by atoms with Crippen molar-refractivity contribution in [1.29, 1.82) is 0 Å². The van der Waals surface area contributed by atoms with E-state index in [4.69, 9.17) is 4.74 Å². The number of likely N-dealkylation sites (tertiary alicyclic amines) is 2. The van der Waals surface area contributed by atoms with E-state index in [1.165, 1.54) is 0 Å². The van der Waals surface area contributed by atoms with Gasteiger partial charge in [0, 0.05) is 58.5 Å². The van der Waals surface area contributed by atoms with Crippen molar-refractivity contribution in [3.8, 4) is 0 Å². The minimum absolute atomic E-state index is 0.0638. The van der Waals surface area contributed by atoms with Crippen LogP contribution in [0.15, 0.2) is 18.3 Å². The first-order chi connectivity index (χ1) is 13.7. The number of aromatic nitrogens is 1. The second-order valence-corrected chi connectivity index (χ2v) is 8.04. The molecule has 3 aliphatic rings. The standard InChI is InChI=1S/C21H30N4O3/c26-20-3-1-8-25(20)16-17-6-10-24(11-7-17)21(27)18-4-5-19(22-15-18)23-9-2-13-28-14-12-23/h4-5,15,17H,1-3,6-14,16H2. The van der Waals surface area contributed by atoms with Gasteiger partial charge in [-0.25, -0.2) is 4.98 Å². The second-order valence-electron chi connectivity index (χ2n) is 8.04. The van der Waals surface area contributed by atoms with Crippen molar-refractivity contribution in [2.45, 2.75) is 32.1 Å². The van der Waals surface area contributed by atoms with E-state index in [9.17, 15) is 9.59 Å². The zero-order valence-corrected chi connectivity index (χ0v) is 16.5. The molecule has 0 aromatic carbocycles. The van der Waals surface area contributed by atoms with Crippen molar-refractivity contribution < 1.29 is 14.3 Å². The van der Waals surface area contributed by atoms with Crippen molar-refractivity contribution in [1.82, 2.24) is 14.8 Å². The fraction of sp³-hybridized carbons (Fsp3) is 0.667. The molecule has 2 amide bonds. The minimum Gasteiger partial charge on any atom is -0.380 e. The molecule has 0 saturated carbocycles. The molecular formula is C21H30N4O3. The van der Waals surface area contributed by atoms with Gasteiger partial charge in [-0.05, 0) is 43.7 Å². The average Bonchev–Trinajstić information content (AvgIpc) is 2.97. The lowest BCUT2D eigenvalue weighted by atomic mass is 9.96. The Morgan fingerprint density at radius 3 is 2.64 bits per heavy atom. The first-order valence-corrected chi connectivity index (χ1v) is 10.6. The topological polar surface area (TPSA) is 66.0 Å². The SMILES string of the molecule is O=C1CCCN1CC1CCN(C(=O)c2ccc(N3CCCOCC3)nc2)CC1. The van der Waals surface area contributed by atoms with E-state index in [-0.39, 0.29) is 5.91 Å². The molecule has 0 unspecified atom stereocenters. The number of hydrogen-bond donors (Lipinski definition) is 0. The van der Waals surface area contributed by atoms with E-state index >= 15 is 0 Å². The van der Waals surface area contributed by atoms with Crippen LogP contribution in [0.2, 0.25) is 0 Å². The molecule has 1 aromatic heterocycles. The van der Waals surface area contributed by atoms with E-state index in [0.29, 0.717) is 23.8 Å². The van der Waals surface area contributed by atoms with Crippen LogP contribution in [0.1, 0.15) is 42.5 Å². The number of pyridine rings is 1. The third kappa shape index (κ3) is 4.46. The predicted octanol–water partition coefficient (Wildman–Crippen LogP) is 1.78. The van der Waals surface area contributed by atoms with Gasteiger partial charge in [0.15, 0.2) is 0 Å². The summed E-state index contributed by atoms with van der Waals surface area (Å²) >= 11 is 0. The molecule has 3 saturated heterocycles. The summed E-state index contributed by atoms with van der Waals surface area (Å²) in [5.74, 6) is 1.78. The van der Waals surface area contributed by atoms with E-state index in [1.807, 2.05) is 21.9 Å². The largest absolute Gasteiger partial charge is 0.380 e. The van der Waals surface area contributed by atoms with Crippen molar-refractivity contribution >= 4 is 17.6 Å². The summed E-state index contributed by atoms with van der Waals surface area (Å²) in [4.78, 5) is 35.3. The summed E-state index contributed by atoms with van der Waals surface area (Å²) in [5, 5.41) is 0. The van der Waals surface area contributed by atoms with Gasteiger partial charge in [-0.15, -0.1) is 0 Å². The number of ether oxygens (including phenoxy) is 1. The fourth-order valence-electron chi connectivity index (χ4n) is 4.38. The van der Waals surface area contributed by atoms with Gasteiger partial charge in [0.05, 0.1) is 12.2 Å². The summed E-state index contributed by atoms with van der Waals surface area (Å²) in [5.41, 5.74) is 0.656. The summed E-state index contributed by atoms with van der Waals surface area (Å²) in [6, 6.07) is 3.84. The Hall–Kier alpha value is -2.15. The Morgan fingerprint density at radius 2 is 1.93 bits per heavy atom. The zero-order chi connectivity index (χ0) is 19.3. The number of nitrogens with zero attached hydrogens (tertiary/aromatic N) is 4. The van der Waals surface area contributed by atoms with E-state index in [1.54, 1.807) is 6.20 Å². The van der Waals surface area contributed by atoms with Crippen LogP contribution in [0, 0.1) is 5.92 Å². The molecule has 7 heteroatoms. The smallest absolute Gasteiger partial charge is 0.255 e. The van der Waals surface area contributed by atoms with Crippen LogP contribution in [0.25, 0.3) is 0 Å². The highest BCUT2D eigenvalue weighted by Gasteiger charge is 2.28. The average molecular weight is 386 g/mol. The molecule has 3 fully saturated rings. The monoisotopic (exact) mass is 386 g/mol. The summed E-state index contributed by atoms with van der Waals surface area (Å²) < 4.78 is 5.49. The number of anilines is 1. The van der Waals surface area contributed by atoms with Crippen LogP contribution in [0.4, 0.5) is 5.82 Å². The summed E-state index contributed by atoms with van der Waals surface area (Å²) in [6.07, 6.45) is 6.33. The maximum Gasteiger partial charge on any atom is 0.255 e. The Bertz CT molecular complexity index is 677. The lowest BCUT2D eigenvalue weighted by Gasteiger charge is -2.34. The van der Waals surface area contributed by atoms with E-state index in [2.05, 4.69) is 9.88 Å². The van der Waals surface area contributed by atoms with Crippen LogP contribution >= 0.6 is 0 Å². The first-order valence-electron chi connectivity index (χ1n) is 10.6. The summed E-state index contributed by atoms with van der Waals surface area (Å²) in [7, 11) is 0. The lowest BCUT2D eigenvalue weighted by Crippen LogP contribution is -2.42. The van der Waals surface area contributed by atoms with Gasteiger partial charge >= 0.3 is 0 Å². The van der Waals surface area contributed by atoms with Crippen molar-refractivity contribution in [2.75, 3.05) is 57.4 Å². The van der Waals surface area contributed by atoms with Gasteiger partial charge in [0.1, 0.15) is 5.82 Å². The Balaban J connectivity index is 1.29. The molecule has 0 bridgehead atoms. The van der Waals surface area contributed by atoms with Crippen LogP contribution in [0.5, 0.6) is 0 Å². The van der Waals surface area contributed by atoms with Gasteiger partial charge in [-0.2, -0.15) is 0 Å². The number of piperidine rings is 1. The van der Waals surface area contributed by atoms with Gasteiger partial charge in [-0.3, -0.25) is 9.59 Å². The maximum absolute atomic E-state index is 12.8. The second kappa shape index (κ2) is 8.90. The molecule has 0 N–H and O–H groups in total. The molecule has 7 nitrogen and oxygen atoms in total. The molecule has 28 heavy (non-hydrogen) atoms. The van der Waals surface area contributed by atoms with Gasteiger partial charge < -0.3 is 19.4 Å². The number of carbonyl (C=O) groups excluding carboxylic acids is 2. The number of amides is 2. The maximum atomic E-state index is 12.8. The summed E-state index contributed by atoms with van der Waals surface area (Å²) in [6.45, 7) is 6.58. The Morgan fingerprint density at radius 1 is 1.07 bits per heavy atom. The highest BCUT2D eigenvalue weighted by molar-refractivity contribution is 5.94. The fourth-order valence-corrected chi connectivity index (χ4v) is 4.38. The minimum atomic E-state index is 0.0638. The highest BCUT2D eigenvalue weighted by atomic mass is 16.5.